The molecule has 1 aromatic carbocycles. The van der Waals surface area contributed by atoms with Crippen molar-refractivity contribution in [1.29, 1.82) is 5.41 Å². The Labute approximate surface area is 160 Å². The lowest BCUT2D eigenvalue weighted by atomic mass is 10.1. The van der Waals surface area contributed by atoms with Crippen LogP contribution in [0.15, 0.2) is 24.5 Å². The van der Waals surface area contributed by atoms with Gasteiger partial charge >= 0.3 is 0 Å². The van der Waals surface area contributed by atoms with E-state index in [1.807, 2.05) is 0 Å². The van der Waals surface area contributed by atoms with Gasteiger partial charge in [-0.2, -0.15) is 0 Å². The monoisotopic (exact) mass is 396 g/mol. The number of anilines is 1. The second-order valence-corrected chi connectivity index (χ2v) is 5.74. The number of aromatic nitrogens is 1. The van der Waals surface area contributed by atoms with E-state index in [4.69, 9.17) is 26.5 Å². The number of hydrogen-bond acceptors (Lipinski definition) is 6. The highest BCUT2D eigenvalue weighted by Gasteiger charge is 2.20. The number of allylic oxidation sites excluding steroid dienone is 1. The van der Waals surface area contributed by atoms with E-state index in [9.17, 15) is 8.78 Å². The number of rotatable bonds is 8. The summed E-state index contributed by atoms with van der Waals surface area (Å²) < 4.78 is 38.6. The lowest BCUT2D eigenvalue weighted by Gasteiger charge is -2.15. The minimum atomic E-state index is -0.875. The van der Waals surface area contributed by atoms with E-state index in [2.05, 4.69) is 15.6 Å². The predicted molar refractivity (Wildman–Crippen MR) is 102 cm³/mol. The maximum Gasteiger partial charge on any atom is 0.191 e. The molecule has 0 fully saturated rings. The molecule has 0 unspecified atom stereocenters. The molecule has 0 atom stereocenters. The number of nitrogens with one attached hydrogen (secondary N) is 3. The minimum absolute atomic E-state index is 0.0198. The largest absolute Gasteiger partial charge is 0.493 e. The van der Waals surface area contributed by atoms with Crippen LogP contribution < -0.4 is 20.1 Å². The van der Waals surface area contributed by atoms with Gasteiger partial charge in [-0.05, 0) is 6.07 Å². The first kappa shape index (κ1) is 20.4. The lowest BCUT2D eigenvalue weighted by Crippen LogP contribution is -2.08. The molecule has 144 valence electrons. The summed E-state index contributed by atoms with van der Waals surface area (Å²) in [6.07, 6.45) is 4.22. The van der Waals surface area contributed by atoms with Crippen LogP contribution in [0.5, 0.6) is 11.5 Å². The van der Waals surface area contributed by atoms with Gasteiger partial charge in [0.1, 0.15) is 5.69 Å². The summed E-state index contributed by atoms with van der Waals surface area (Å²) in [4.78, 5) is 4.23. The molecule has 6 nitrogen and oxygen atoms in total. The molecule has 2 rings (SSSR count). The standard InChI is InChI=1S/C18H19ClF2N4O2/c1-23-7-10(6-22)13-4-12(19)11(8-24-13)9-25-18-16(20)14(26-2)5-15(27-3)17(18)21/h4-8,22-23,25H,9H2,1-3H3/b10-7+,22-6?. The Kier molecular flexibility index (Phi) is 6.95. The number of methoxy groups -OCH3 is 2. The summed E-state index contributed by atoms with van der Waals surface area (Å²) in [6.45, 7) is 0.0198. The third-order valence-electron chi connectivity index (χ3n) is 3.71. The van der Waals surface area contributed by atoms with E-state index in [0.717, 1.165) is 12.3 Å². The molecular formula is C18H19ClF2N4O2. The fourth-order valence-corrected chi connectivity index (χ4v) is 2.54. The zero-order valence-corrected chi connectivity index (χ0v) is 15.7. The van der Waals surface area contributed by atoms with Crippen LogP contribution >= 0.6 is 11.6 Å². The molecule has 1 heterocycles. The van der Waals surface area contributed by atoms with Gasteiger partial charge in [0.2, 0.25) is 0 Å². The van der Waals surface area contributed by atoms with Gasteiger partial charge in [-0.25, -0.2) is 8.78 Å². The molecule has 1 aromatic heterocycles. The van der Waals surface area contributed by atoms with E-state index in [0.29, 0.717) is 21.9 Å². The highest BCUT2D eigenvalue weighted by molar-refractivity contribution is 6.31. The molecule has 0 amide bonds. The van der Waals surface area contributed by atoms with Crippen molar-refractivity contribution in [3.63, 3.8) is 0 Å². The second kappa shape index (κ2) is 9.18. The molecule has 0 saturated carbocycles. The molecular weight excluding hydrogens is 378 g/mol. The Morgan fingerprint density at radius 1 is 1.22 bits per heavy atom. The van der Waals surface area contributed by atoms with Crippen LogP contribution in [0.4, 0.5) is 14.5 Å². The molecule has 0 aliphatic carbocycles. The molecule has 3 N–H and O–H groups in total. The van der Waals surface area contributed by atoms with Gasteiger partial charge < -0.3 is 25.5 Å². The van der Waals surface area contributed by atoms with E-state index < -0.39 is 11.6 Å². The first-order valence-corrected chi connectivity index (χ1v) is 8.21. The van der Waals surface area contributed by atoms with Gasteiger partial charge in [-0.3, -0.25) is 4.98 Å². The SMILES string of the molecule is CN/C=C(\C=N)c1cc(Cl)c(CNc2c(F)c(OC)cc(OC)c2F)cn1. The van der Waals surface area contributed by atoms with Crippen molar-refractivity contribution >= 4 is 29.1 Å². The second-order valence-electron chi connectivity index (χ2n) is 5.33. The van der Waals surface area contributed by atoms with Gasteiger partial charge in [-0.1, -0.05) is 11.6 Å². The molecule has 0 bridgehead atoms. The minimum Gasteiger partial charge on any atom is -0.493 e. The van der Waals surface area contributed by atoms with Crippen molar-refractivity contribution in [3.8, 4) is 11.5 Å². The number of pyridine rings is 1. The fraction of sp³-hybridized carbons (Fsp3) is 0.222. The number of halogens is 3. The quantitative estimate of drug-likeness (QED) is 0.590. The van der Waals surface area contributed by atoms with Crippen LogP contribution in [-0.4, -0.2) is 32.5 Å². The molecule has 27 heavy (non-hydrogen) atoms. The van der Waals surface area contributed by atoms with Crippen molar-refractivity contribution in [2.45, 2.75) is 6.54 Å². The summed E-state index contributed by atoms with van der Waals surface area (Å²) in [5.74, 6) is -2.05. The summed E-state index contributed by atoms with van der Waals surface area (Å²) in [7, 11) is 4.26. The predicted octanol–water partition coefficient (Wildman–Crippen LogP) is 3.85. The summed E-state index contributed by atoms with van der Waals surface area (Å²) in [5.41, 5.74) is 1.17. The van der Waals surface area contributed by atoms with Crippen LogP contribution in [0.1, 0.15) is 11.3 Å². The van der Waals surface area contributed by atoms with Crippen molar-refractivity contribution in [3.05, 3.63) is 52.4 Å². The van der Waals surface area contributed by atoms with E-state index in [1.54, 1.807) is 19.3 Å². The molecule has 9 heteroatoms. The average Bonchev–Trinajstić information content (AvgIpc) is 2.67. The summed E-state index contributed by atoms with van der Waals surface area (Å²) >= 11 is 6.25. The third kappa shape index (κ3) is 4.46. The molecule has 0 aliphatic rings. The molecule has 2 aromatic rings. The van der Waals surface area contributed by atoms with Crippen molar-refractivity contribution in [2.24, 2.45) is 0 Å². The average molecular weight is 397 g/mol. The zero-order chi connectivity index (χ0) is 20.0. The number of nitrogens with zero attached hydrogens (tertiary/aromatic N) is 1. The van der Waals surface area contributed by atoms with Crippen LogP contribution in [0.2, 0.25) is 5.02 Å². The Morgan fingerprint density at radius 3 is 2.33 bits per heavy atom. The van der Waals surface area contributed by atoms with Crippen molar-refractivity contribution in [1.82, 2.24) is 10.3 Å². The van der Waals surface area contributed by atoms with Crippen LogP contribution in [0, 0.1) is 17.0 Å². The normalized spacial score (nSPS) is 11.1. The Bertz CT molecular complexity index is 847. The van der Waals surface area contributed by atoms with Crippen molar-refractivity contribution < 1.29 is 18.3 Å². The maximum absolute atomic E-state index is 14.4. The molecule has 0 spiro atoms. The highest BCUT2D eigenvalue weighted by atomic mass is 35.5. The van der Waals surface area contributed by atoms with E-state index >= 15 is 0 Å². The topological polar surface area (TPSA) is 79.3 Å². The van der Waals surface area contributed by atoms with Crippen LogP contribution in [0.25, 0.3) is 5.57 Å². The fourth-order valence-electron chi connectivity index (χ4n) is 2.32. The number of hydrogen-bond donors (Lipinski definition) is 3. The molecule has 0 aliphatic heterocycles. The number of benzene rings is 1. The highest BCUT2D eigenvalue weighted by Crippen LogP contribution is 2.35. The van der Waals surface area contributed by atoms with Crippen molar-refractivity contribution in [2.75, 3.05) is 26.6 Å². The molecule has 0 saturated heterocycles. The van der Waals surface area contributed by atoms with Gasteiger partial charge in [0, 0.05) is 54.4 Å². The van der Waals surface area contributed by atoms with E-state index in [1.165, 1.54) is 20.4 Å². The molecule has 0 radical (unpaired) electrons. The maximum atomic E-state index is 14.4. The van der Waals surface area contributed by atoms with Gasteiger partial charge in [0.25, 0.3) is 0 Å². The van der Waals surface area contributed by atoms with Gasteiger partial charge in [0.15, 0.2) is 23.1 Å². The summed E-state index contributed by atoms with van der Waals surface area (Å²) in [5, 5.41) is 13.2. The van der Waals surface area contributed by atoms with E-state index in [-0.39, 0.29) is 23.7 Å². The lowest BCUT2D eigenvalue weighted by molar-refractivity contribution is 0.360. The Balaban J connectivity index is 2.30. The zero-order valence-electron chi connectivity index (χ0n) is 15.0. The first-order chi connectivity index (χ1) is 13.0. The van der Waals surface area contributed by atoms with Crippen LogP contribution in [-0.2, 0) is 6.54 Å². The first-order valence-electron chi connectivity index (χ1n) is 7.83. The third-order valence-corrected chi connectivity index (χ3v) is 4.06. The van der Waals surface area contributed by atoms with Gasteiger partial charge in [-0.15, -0.1) is 0 Å². The number of ether oxygens (including phenoxy) is 2. The van der Waals surface area contributed by atoms with Crippen LogP contribution in [0.3, 0.4) is 0 Å². The smallest absolute Gasteiger partial charge is 0.191 e. The Hall–Kier alpha value is -2.87. The summed E-state index contributed by atoms with van der Waals surface area (Å²) in [6, 6.07) is 2.71. The van der Waals surface area contributed by atoms with Gasteiger partial charge in [0.05, 0.1) is 19.9 Å². The Morgan fingerprint density at radius 2 is 1.85 bits per heavy atom.